The minimum atomic E-state index is -0.466. The van der Waals surface area contributed by atoms with Gasteiger partial charge in [-0.25, -0.2) is 0 Å². The Kier molecular flexibility index (Phi) is 3.74. The van der Waals surface area contributed by atoms with Gasteiger partial charge in [0.15, 0.2) is 0 Å². The van der Waals surface area contributed by atoms with Crippen LogP contribution < -0.4 is 11.1 Å². The van der Waals surface area contributed by atoms with Crippen LogP contribution in [0.3, 0.4) is 0 Å². The zero-order valence-electron chi connectivity index (χ0n) is 12.3. The highest BCUT2D eigenvalue weighted by molar-refractivity contribution is 6.08. The van der Waals surface area contributed by atoms with E-state index in [1.54, 1.807) is 12.3 Å². The van der Waals surface area contributed by atoms with Crippen molar-refractivity contribution in [1.82, 2.24) is 4.98 Å². The lowest BCUT2D eigenvalue weighted by Crippen LogP contribution is -2.13. The largest absolute Gasteiger partial charge is 0.378 e. The molecule has 3 rings (SSSR count). The molecule has 110 valence electrons. The molecule has 0 aliphatic rings. The molecule has 0 bridgehead atoms. The van der Waals surface area contributed by atoms with Gasteiger partial charge in [-0.2, -0.15) is 0 Å². The lowest BCUT2D eigenvalue weighted by atomic mass is 10.0. The van der Waals surface area contributed by atoms with Gasteiger partial charge in [0, 0.05) is 23.3 Å². The number of anilines is 1. The van der Waals surface area contributed by atoms with E-state index in [0.717, 1.165) is 11.1 Å². The fourth-order valence-corrected chi connectivity index (χ4v) is 2.56. The molecule has 1 unspecified atom stereocenters. The number of nitrogens with zero attached hydrogens (tertiary/aromatic N) is 1. The zero-order chi connectivity index (χ0) is 15.5. The number of aromatic nitrogens is 1. The third-order valence-electron chi connectivity index (χ3n) is 3.71. The van der Waals surface area contributed by atoms with Crippen molar-refractivity contribution in [2.75, 3.05) is 5.32 Å². The van der Waals surface area contributed by atoms with Gasteiger partial charge in [0.25, 0.3) is 5.91 Å². The number of primary amides is 1. The number of hydrogen-bond donors (Lipinski definition) is 2. The number of pyridine rings is 1. The lowest BCUT2D eigenvalue weighted by Gasteiger charge is -2.17. The van der Waals surface area contributed by atoms with E-state index in [1.165, 1.54) is 5.56 Å². The molecule has 0 radical (unpaired) electrons. The van der Waals surface area contributed by atoms with Crippen molar-refractivity contribution < 1.29 is 4.79 Å². The predicted molar refractivity (Wildman–Crippen MR) is 88.7 cm³/mol. The van der Waals surface area contributed by atoms with Crippen molar-refractivity contribution in [3.05, 3.63) is 71.9 Å². The molecule has 3 aromatic rings. The summed E-state index contributed by atoms with van der Waals surface area (Å²) < 4.78 is 0. The topological polar surface area (TPSA) is 68.0 Å². The van der Waals surface area contributed by atoms with Crippen molar-refractivity contribution in [2.45, 2.75) is 13.0 Å². The summed E-state index contributed by atoms with van der Waals surface area (Å²) in [5, 5.41) is 4.37. The Morgan fingerprint density at radius 1 is 1.09 bits per heavy atom. The van der Waals surface area contributed by atoms with E-state index in [4.69, 9.17) is 5.73 Å². The maximum atomic E-state index is 11.5. The van der Waals surface area contributed by atoms with Crippen LogP contribution in [0.15, 0.2) is 60.8 Å². The van der Waals surface area contributed by atoms with Gasteiger partial charge in [0.1, 0.15) is 0 Å². The summed E-state index contributed by atoms with van der Waals surface area (Å²) in [6.45, 7) is 2.10. The number of benzene rings is 2. The van der Waals surface area contributed by atoms with Gasteiger partial charge in [-0.05, 0) is 36.8 Å². The summed E-state index contributed by atoms with van der Waals surface area (Å²) in [5.74, 6) is -0.466. The molecule has 0 spiro atoms. The van der Waals surface area contributed by atoms with Gasteiger partial charge in [0.05, 0.1) is 11.1 Å². The lowest BCUT2D eigenvalue weighted by molar-refractivity contribution is 0.100. The first kappa shape index (κ1) is 14.1. The number of hydrogen-bond acceptors (Lipinski definition) is 3. The minimum Gasteiger partial charge on any atom is -0.378 e. The molecule has 22 heavy (non-hydrogen) atoms. The number of carbonyl (C=O) groups is 1. The monoisotopic (exact) mass is 291 g/mol. The second kappa shape index (κ2) is 5.85. The SMILES string of the molecule is CC(Nc1ccc(C(N)=O)c2ncccc12)c1ccccc1. The maximum Gasteiger partial charge on any atom is 0.250 e. The molecule has 1 heterocycles. The number of carbonyl (C=O) groups excluding carboxylic acids is 1. The summed E-state index contributed by atoms with van der Waals surface area (Å²) in [6, 6.07) is 17.7. The Morgan fingerprint density at radius 3 is 2.59 bits per heavy atom. The van der Waals surface area contributed by atoms with Crippen molar-refractivity contribution in [2.24, 2.45) is 5.73 Å². The van der Waals surface area contributed by atoms with E-state index in [-0.39, 0.29) is 6.04 Å². The first-order valence-electron chi connectivity index (χ1n) is 7.16. The first-order valence-corrected chi connectivity index (χ1v) is 7.16. The Bertz CT molecular complexity index is 815. The average molecular weight is 291 g/mol. The second-order valence-electron chi connectivity index (χ2n) is 5.20. The van der Waals surface area contributed by atoms with Crippen LogP contribution in [0.5, 0.6) is 0 Å². The first-order chi connectivity index (χ1) is 10.7. The van der Waals surface area contributed by atoms with E-state index in [1.807, 2.05) is 36.4 Å². The number of fused-ring (bicyclic) bond motifs is 1. The van der Waals surface area contributed by atoms with Crippen molar-refractivity contribution in [1.29, 1.82) is 0 Å². The van der Waals surface area contributed by atoms with Crippen LogP contribution in [-0.4, -0.2) is 10.9 Å². The van der Waals surface area contributed by atoms with Gasteiger partial charge in [-0.3, -0.25) is 9.78 Å². The van der Waals surface area contributed by atoms with Crippen LogP contribution in [0.25, 0.3) is 10.9 Å². The van der Waals surface area contributed by atoms with E-state index in [9.17, 15) is 4.79 Å². The average Bonchev–Trinajstić information content (AvgIpc) is 2.55. The fourth-order valence-electron chi connectivity index (χ4n) is 2.56. The third kappa shape index (κ3) is 2.63. The number of nitrogens with one attached hydrogen (secondary N) is 1. The molecule has 0 saturated carbocycles. The Hall–Kier alpha value is -2.88. The second-order valence-corrected chi connectivity index (χ2v) is 5.20. The summed E-state index contributed by atoms with van der Waals surface area (Å²) in [4.78, 5) is 15.8. The van der Waals surface area contributed by atoms with Crippen LogP contribution in [-0.2, 0) is 0 Å². The van der Waals surface area contributed by atoms with Gasteiger partial charge < -0.3 is 11.1 Å². The van der Waals surface area contributed by atoms with Crippen LogP contribution in [0.4, 0.5) is 5.69 Å². The smallest absolute Gasteiger partial charge is 0.250 e. The zero-order valence-corrected chi connectivity index (χ0v) is 12.3. The van der Waals surface area contributed by atoms with Crippen molar-refractivity contribution in [3.63, 3.8) is 0 Å². The van der Waals surface area contributed by atoms with Gasteiger partial charge in [0.2, 0.25) is 0 Å². The van der Waals surface area contributed by atoms with Crippen LogP contribution in [0.1, 0.15) is 28.9 Å². The molecule has 1 amide bonds. The normalized spacial score (nSPS) is 12.0. The predicted octanol–water partition coefficient (Wildman–Crippen LogP) is 3.51. The molecule has 0 fully saturated rings. The van der Waals surface area contributed by atoms with Crippen LogP contribution in [0.2, 0.25) is 0 Å². The molecule has 4 nitrogen and oxygen atoms in total. The molecular formula is C18H17N3O. The summed E-state index contributed by atoms with van der Waals surface area (Å²) in [6.07, 6.45) is 1.67. The highest BCUT2D eigenvalue weighted by atomic mass is 16.1. The van der Waals surface area contributed by atoms with E-state index < -0.39 is 5.91 Å². The molecule has 0 aliphatic heterocycles. The molecule has 0 aliphatic carbocycles. The minimum absolute atomic E-state index is 0.143. The Morgan fingerprint density at radius 2 is 1.86 bits per heavy atom. The number of nitrogens with two attached hydrogens (primary N) is 1. The van der Waals surface area contributed by atoms with E-state index in [0.29, 0.717) is 11.1 Å². The van der Waals surface area contributed by atoms with Crippen LogP contribution in [0, 0.1) is 0 Å². The molecule has 4 heteroatoms. The Balaban J connectivity index is 2.02. The summed E-state index contributed by atoms with van der Waals surface area (Å²) >= 11 is 0. The molecule has 0 saturated heterocycles. The standard InChI is InChI=1S/C18H17N3O/c1-12(13-6-3-2-4-7-13)21-16-10-9-15(18(19)22)17-14(16)8-5-11-20-17/h2-12,21H,1H3,(H2,19,22). The highest BCUT2D eigenvalue weighted by Crippen LogP contribution is 2.28. The Labute approximate surface area is 129 Å². The van der Waals surface area contributed by atoms with Crippen molar-refractivity contribution in [3.8, 4) is 0 Å². The van der Waals surface area contributed by atoms with Gasteiger partial charge in [-0.15, -0.1) is 0 Å². The summed E-state index contributed by atoms with van der Waals surface area (Å²) in [5.41, 5.74) is 8.61. The van der Waals surface area contributed by atoms with E-state index in [2.05, 4.69) is 29.4 Å². The third-order valence-corrected chi connectivity index (χ3v) is 3.71. The quantitative estimate of drug-likeness (QED) is 0.773. The molecule has 3 N–H and O–H groups in total. The van der Waals surface area contributed by atoms with Gasteiger partial charge >= 0.3 is 0 Å². The van der Waals surface area contributed by atoms with Crippen molar-refractivity contribution >= 4 is 22.5 Å². The van der Waals surface area contributed by atoms with Crippen LogP contribution >= 0.6 is 0 Å². The molecular weight excluding hydrogens is 274 g/mol. The van der Waals surface area contributed by atoms with Gasteiger partial charge in [-0.1, -0.05) is 30.3 Å². The highest BCUT2D eigenvalue weighted by Gasteiger charge is 2.12. The number of rotatable bonds is 4. The summed E-state index contributed by atoms with van der Waals surface area (Å²) in [7, 11) is 0. The maximum absolute atomic E-state index is 11.5. The van der Waals surface area contributed by atoms with E-state index >= 15 is 0 Å². The molecule has 1 atom stereocenters. The number of amides is 1. The molecule has 2 aromatic carbocycles. The fraction of sp³-hybridized carbons (Fsp3) is 0.111. The molecule has 1 aromatic heterocycles.